The predicted molar refractivity (Wildman–Crippen MR) is 224 cm³/mol. The van der Waals surface area contributed by atoms with Crippen molar-refractivity contribution < 1.29 is 10.2 Å². The molecule has 4 aromatic carbocycles. The minimum absolute atomic E-state index is 0.223. The number of thioether (sulfide) groups is 2. The van der Waals surface area contributed by atoms with Crippen LogP contribution >= 0.6 is 23.5 Å². The first-order valence-electron chi connectivity index (χ1n) is 18.4. The molecule has 53 heavy (non-hydrogen) atoms. The van der Waals surface area contributed by atoms with Crippen LogP contribution in [0.25, 0.3) is 27.8 Å². The lowest BCUT2D eigenvalue weighted by Crippen LogP contribution is -2.17. The summed E-state index contributed by atoms with van der Waals surface area (Å²) in [5, 5.41) is 26.3. The molecule has 0 bridgehead atoms. The number of para-hydroxylation sites is 2. The van der Waals surface area contributed by atoms with Crippen molar-refractivity contribution in [1.29, 1.82) is 0 Å². The molecule has 0 amide bonds. The summed E-state index contributed by atoms with van der Waals surface area (Å²) in [5.74, 6) is 2.61. The van der Waals surface area contributed by atoms with Crippen molar-refractivity contribution in [3.05, 3.63) is 106 Å². The maximum Gasteiger partial charge on any atom is 0.239 e. The number of aromatic nitrogens is 4. The zero-order valence-electron chi connectivity index (χ0n) is 33.3. The number of nitrogens with zero attached hydrogens (tertiary/aromatic N) is 4. The van der Waals surface area contributed by atoms with Gasteiger partial charge in [-0.2, -0.15) is 15.0 Å². The number of hydrogen-bond donors (Lipinski definition) is 2. The van der Waals surface area contributed by atoms with Crippen molar-refractivity contribution in [3.63, 3.8) is 0 Å². The van der Waals surface area contributed by atoms with Gasteiger partial charge in [-0.3, -0.25) is 4.57 Å². The van der Waals surface area contributed by atoms with Gasteiger partial charge in [0.1, 0.15) is 11.5 Å². The zero-order valence-corrected chi connectivity index (χ0v) is 35.0. The Bertz CT molecular complexity index is 2090. The van der Waals surface area contributed by atoms with Crippen molar-refractivity contribution in [2.45, 2.75) is 127 Å². The van der Waals surface area contributed by atoms with Gasteiger partial charge in [0.2, 0.25) is 5.95 Å². The fourth-order valence-corrected chi connectivity index (χ4v) is 8.41. The molecule has 0 aliphatic rings. The molecule has 0 radical (unpaired) electrons. The van der Waals surface area contributed by atoms with Crippen molar-refractivity contribution in [3.8, 4) is 17.4 Å². The molecule has 0 atom stereocenters. The second kappa shape index (κ2) is 14.0. The molecule has 2 heterocycles. The normalized spacial score (nSPS) is 13.0. The molecule has 0 aliphatic carbocycles. The third-order valence-corrected chi connectivity index (χ3v) is 11.5. The summed E-state index contributed by atoms with van der Waals surface area (Å²) in [4.78, 5) is 15.3. The Morgan fingerprint density at radius 3 is 1.13 bits per heavy atom. The summed E-state index contributed by atoms with van der Waals surface area (Å²) in [6, 6.07) is 25.3. The van der Waals surface area contributed by atoms with Gasteiger partial charge in [0.05, 0.1) is 11.0 Å². The number of phenolic OH excluding ortho intramolecular Hbond substituents is 2. The maximum absolute atomic E-state index is 11.4. The summed E-state index contributed by atoms with van der Waals surface area (Å²) >= 11 is 3.17. The lowest BCUT2D eigenvalue weighted by molar-refractivity contribution is 0.422. The van der Waals surface area contributed by atoms with Crippen LogP contribution in [0.3, 0.4) is 0 Å². The van der Waals surface area contributed by atoms with Crippen LogP contribution in [0.15, 0.2) is 83.1 Å². The Morgan fingerprint density at radius 2 is 0.811 bits per heavy atom. The average Bonchev–Trinajstić information content (AvgIpc) is 3.39. The number of benzene rings is 4. The molecule has 6 nitrogen and oxygen atoms in total. The van der Waals surface area contributed by atoms with E-state index in [-0.39, 0.29) is 21.7 Å². The SMILES string of the molecule is CC(C)(C)c1cc(CSc2nc(SCc3cc(C(C)(C)C)c(O)c(C(C)(C)C)c3)nc(-n3c4ccccc4c4ccccc43)n2)cc(C(C)(C)C)c1O. The van der Waals surface area contributed by atoms with E-state index in [0.717, 1.165) is 55.2 Å². The summed E-state index contributed by atoms with van der Waals surface area (Å²) in [6.07, 6.45) is 0. The summed E-state index contributed by atoms with van der Waals surface area (Å²) in [7, 11) is 0. The van der Waals surface area contributed by atoms with Gasteiger partial charge in [0.15, 0.2) is 10.3 Å². The molecule has 278 valence electrons. The monoisotopic (exact) mass is 746 g/mol. The highest BCUT2D eigenvalue weighted by molar-refractivity contribution is 7.99. The Kier molecular flexibility index (Phi) is 10.2. The number of fused-ring (bicyclic) bond motifs is 3. The molecule has 0 spiro atoms. The number of phenols is 2. The Hall–Kier alpha value is -4.01. The largest absolute Gasteiger partial charge is 0.507 e. The fraction of sp³-hybridized carbons (Fsp3) is 0.400. The van der Waals surface area contributed by atoms with E-state index in [1.807, 2.05) is 0 Å². The third-order valence-electron chi connectivity index (χ3n) is 9.67. The van der Waals surface area contributed by atoms with Crippen LogP contribution in [0, 0.1) is 0 Å². The second-order valence-electron chi connectivity index (χ2n) is 18.2. The van der Waals surface area contributed by atoms with Gasteiger partial charge in [-0.05, 0) is 67.2 Å². The number of rotatable bonds is 7. The van der Waals surface area contributed by atoms with Crippen LogP contribution in [0.2, 0.25) is 0 Å². The van der Waals surface area contributed by atoms with Crippen LogP contribution < -0.4 is 0 Å². The van der Waals surface area contributed by atoms with Crippen molar-refractivity contribution in [2.75, 3.05) is 0 Å². The summed E-state index contributed by atoms with van der Waals surface area (Å²) in [5.41, 5.74) is 7.18. The van der Waals surface area contributed by atoms with Gasteiger partial charge in [0, 0.05) is 22.3 Å². The third kappa shape index (κ3) is 8.09. The van der Waals surface area contributed by atoms with E-state index in [0.29, 0.717) is 39.3 Å². The second-order valence-corrected chi connectivity index (χ2v) is 20.1. The molecule has 0 aliphatic heterocycles. The van der Waals surface area contributed by atoms with Gasteiger partial charge >= 0.3 is 0 Å². The van der Waals surface area contributed by atoms with Crippen molar-refractivity contribution >= 4 is 45.3 Å². The average molecular weight is 747 g/mol. The smallest absolute Gasteiger partial charge is 0.239 e. The molecular formula is C45H54N4O2S2. The molecule has 0 fully saturated rings. The topological polar surface area (TPSA) is 84.1 Å². The van der Waals surface area contributed by atoms with E-state index < -0.39 is 0 Å². The molecule has 2 N–H and O–H groups in total. The molecule has 6 aromatic rings. The summed E-state index contributed by atoms with van der Waals surface area (Å²) in [6.45, 7) is 25.7. The van der Waals surface area contributed by atoms with E-state index in [1.54, 1.807) is 23.5 Å². The molecule has 0 saturated heterocycles. The lowest BCUT2D eigenvalue weighted by atomic mass is 9.78. The fourth-order valence-electron chi connectivity index (χ4n) is 6.83. The van der Waals surface area contributed by atoms with E-state index in [4.69, 9.17) is 15.0 Å². The minimum atomic E-state index is -0.223. The first kappa shape index (κ1) is 38.7. The van der Waals surface area contributed by atoms with Crippen molar-refractivity contribution in [2.24, 2.45) is 0 Å². The van der Waals surface area contributed by atoms with E-state index >= 15 is 0 Å². The van der Waals surface area contributed by atoms with Gasteiger partial charge < -0.3 is 10.2 Å². The van der Waals surface area contributed by atoms with Gasteiger partial charge in [-0.15, -0.1) is 0 Å². The molecule has 6 rings (SSSR count). The van der Waals surface area contributed by atoms with Gasteiger partial charge in [-0.1, -0.05) is 167 Å². The molecule has 0 unspecified atom stereocenters. The maximum atomic E-state index is 11.4. The highest BCUT2D eigenvalue weighted by Crippen LogP contribution is 2.43. The standard InChI is InChI=1S/C45H54N4O2S2/c1-42(2,3)31-21-27(22-32(37(31)50)43(4,5)6)25-52-40-46-39(49-35-19-15-13-17-29(35)30-18-14-16-20-36(30)49)47-41(48-40)53-26-28-23-33(44(7,8)9)38(51)34(24-28)45(10,11)12/h13-24,50-51H,25-26H2,1-12H3. The first-order valence-corrected chi connectivity index (χ1v) is 20.3. The van der Waals surface area contributed by atoms with E-state index in [2.05, 4.69) is 160 Å². The van der Waals surface area contributed by atoms with E-state index in [1.165, 1.54) is 0 Å². The minimum Gasteiger partial charge on any atom is -0.507 e. The lowest BCUT2D eigenvalue weighted by Gasteiger charge is -2.28. The highest BCUT2D eigenvalue weighted by atomic mass is 32.2. The predicted octanol–water partition coefficient (Wildman–Crippen LogP) is 12.2. The number of aromatic hydroxyl groups is 2. The molecular weight excluding hydrogens is 693 g/mol. The quantitative estimate of drug-likeness (QED) is 0.157. The van der Waals surface area contributed by atoms with Crippen LogP contribution in [-0.4, -0.2) is 29.7 Å². The van der Waals surface area contributed by atoms with E-state index in [9.17, 15) is 10.2 Å². The van der Waals surface area contributed by atoms with Crippen LogP contribution in [0.5, 0.6) is 11.5 Å². The zero-order chi connectivity index (χ0) is 38.7. The Balaban J connectivity index is 1.45. The molecule has 8 heteroatoms. The van der Waals surface area contributed by atoms with Gasteiger partial charge in [0.25, 0.3) is 0 Å². The van der Waals surface area contributed by atoms with Crippen LogP contribution in [-0.2, 0) is 33.2 Å². The highest BCUT2D eigenvalue weighted by Gasteiger charge is 2.28. The van der Waals surface area contributed by atoms with Crippen LogP contribution in [0.1, 0.15) is 116 Å². The first-order chi connectivity index (χ1) is 24.6. The van der Waals surface area contributed by atoms with Gasteiger partial charge in [-0.25, -0.2) is 0 Å². The summed E-state index contributed by atoms with van der Waals surface area (Å²) < 4.78 is 2.15. The van der Waals surface area contributed by atoms with Crippen LogP contribution in [0.4, 0.5) is 0 Å². The molecule has 0 saturated carbocycles. The Labute approximate surface area is 323 Å². The Morgan fingerprint density at radius 1 is 0.491 bits per heavy atom. The molecule has 2 aromatic heterocycles. The van der Waals surface area contributed by atoms with Crippen molar-refractivity contribution in [1.82, 2.24) is 19.5 Å². The number of hydrogen-bond acceptors (Lipinski definition) is 7.